The molecule has 0 aromatic heterocycles. The van der Waals surface area contributed by atoms with Crippen molar-refractivity contribution in [3.05, 3.63) is 30.3 Å². The fourth-order valence-corrected chi connectivity index (χ4v) is 1.94. The monoisotopic (exact) mass is 294 g/mol. The Kier molecular flexibility index (Phi) is 5.39. The second-order valence-electron chi connectivity index (χ2n) is 4.54. The van der Waals surface area contributed by atoms with Crippen LogP contribution in [0.25, 0.3) is 0 Å². The van der Waals surface area contributed by atoms with Crippen LogP contribution in [0.3, 0.4) is 0 Å². The van der Waals surface area contributed by atoms with Gasteiger partial charge in [0, 0.05) is 6.54 Å². The fourth-order valence-electron chi connectivity index (χ4n) is 1.94. The highest BCUT2D eigenvalue weighted by molar-refractivity contribution is 5.77. The molecule has 0 bridgehead atoms. The van der Waals surface area contributed by atoms with Crippen LogP contribution in [-0.2, 0) is 9.53 Å². The lowest BCUT2D eigenvalue weighted by Crippen LogP contribution is -2.52. The predicted molar refractivity (Wildman–Crippen MR) is 74.3 cm³/mol. The van der Waals surface area contributed by atoms with E-state index < -0.39 is 12.1 Å². The van der Waals surface area contributed by atoms with Crippen molar-refractivity contribution in [2.75, 3.05) is 32.8 Å². The first-order valence-electron chi connectivity index (χ1n) is 6.72. The van der Waals surface area contributed by atoms with Gasteiger partial charge in [-0.15, -0.1) is 0 Å². The van der Waals surface area contributed by atoms with E-state index in [4.69, 9.17) is 14.6 Å². The number of para-hydroxylation sites is 1. The molecule has 1 aromatic rings. The number of benzene rings is 1. The Bertz CT molecular complexity index is 480. The number of carboxylic acids is 1. The maximum Gasteiger partial charge on any atom is 0.334 e. The third kappa shape index (κ3) is 4.64. The van der Waals surface area contributed by atoms with Crippen molar-refractivity contribution in [3.63, 3.8) is 0 Å². The summed E-state index contributed by atoms with van der Waals surface area (Å²) in [5.41, 5.74) is 0. The minimum Gasteiger partial charge on any atom is -0.492 e. The lowest BCUT2D eigenvalue weighted by Gasteiger charge is -2.30. The molecule has 0 radical (unpaired) electrons. The lowest BCUT2D eigenvalue weighted by molar-refractivity contribution is -0.154. The number of hydrogen-bond acceptors (Lipinski definition) is 4. The number of hydrogen-bond donors (Lipinski definition) is 2. The average Bonchev–Trinajstić information content (AvgIpc) is 2.52. The minimum absolute atomic E-state index is 0.0563. The van der Waals surface area contributed by atoms with Gasteiger partial charge in [0.2, 0.25) is 0 Å². The van der Waals surface area contributed by atoms with Crippen LogP contribution in [0.1, 0.15) is 0 Å². The van der Waals surface area contributed by atoms with Gasteiger partial charge in [-0.05, 0) is 12.1 Å². The molecule has 1 fully saturated rings. The molecule has 2 N–H and O–H groups in total. The van der Waals surface area contributed by atoms with Gasteiger partial charge in [-0.25, -0.2) is 9.59 Å². The molecule has 1 unspecified atom stereocenters. The molecular formula is C14H18N2O5. The van der Waals surface area contributed by atoms with Gasteiger partial charge < -0.3 is 24.8 Å². The van der Waals surface area contributed by atoms with Gasteiger partial charge in [-0.1, -0.05) is 18.2 Å². The molecule has 1 atom stereocenters. The van der Waals surface area contributed by atoms with Crippen LogP contribution in [0.4, 0.5) is 4.79 Å². The third-order valence-electron chi connectivity index (χ3n) is 3.02. The molecule has 7 nitrogen and oxygen atoms in total. The Labute approximate surface area is 122 Å². The summed E-state index contributed by atoms with van der Waals surface area (Å²) in [6.07, 6.45) is -0.954. The zero-order valence-electron chi connectivity index (χ0n) is 11.5. The molecule has 21 heavy (non-hydrogen) atoms. The molecule has 114 valence electrons. The van der Waals surface area contributed by atoms with Gasteiger partial charge >= 0.3 is 12.0 Å². The smallest absolute Gasteiger partial charge is 0.334 e. The van der Waals surface area contributed by atoms with Crippen LogP contribution in [0.2, 0.25) is 0 Å². The van der Waals surface area contributed by atoms with Crippen LogP contribution in [-0.4, -0.2) is 61.0 Å². The SMILES string of the molecule is O=C(O)C1CN(C(=O)NCCOc2ccccc2)CCO1. The number of nitrogens with zero attached hydrogens (tertiary/aromatic N) is 1. The van der Waals surface area contributed by atoms with E-state index in [1.807, 2.05) is 30.3 Å². The topological polar surface area (TPSA) is 88.1 Å². The third-order valence-corrected chi connectivity index (χ3v) is 3.02. The zero-order chi connectivity index (χ0) is 15.1. The summed E-state index contributed by atoms with van der Waals surface area (Å²) in [6, 6.07) is 9.00. The quantitative estimate of drug-likeness (QED) is 0.775. The first-order valence-corrected chi connectivity index (χ1v) is 6.72. The van der Waals surface area contributed by atoms with Gasteiger partial charge in [0.05, 0.1) is 19.7 Å². The van der Waals surface area contributed by atoms with Gasteiger partial charge in [0.25, 0.3) is 0 Å². The highest BCUT2D eigenvalue weighted by Crippen LogP contribution is 2.08. The van der Waals surface area contributed by atoms with E-state index in [9.17, 15) is 9.59 Å². The van der Waals surface area contributed by atoms with Crippen molar-refractivity contribution in [1.82, 2.24) is 10.2 Å². The lowest BCUT2D eigenvalue weighted by atomic mass is 10.3. The summed E-state index contributed by atoms with van der Waals surface area (Å²) in [6.45, 7) is 1.37. The Morgan fingerprint density at radius 2 is 2.14 bits per heavy atom. The molecule has 7 heteroatoms. The highest BCUT2D eigenvalue weighted by Gasteiger charge is 2.28. The molecule has 2 rings (SSSR count). The predicted octanol–water partition coefficient (Wildman–Crippen LogP) is 0.560. The number of rotatable bonds is 5. The molecule has 1 heterocycles. The number of ether oxygens (including phenoxy) is 2. The average molecular weight is 294 g/mol. The van der Waals surface area contributed by atoms with Crippen molar-refractivity contribution < 1.29 is 24.2 Å². The summed E-state index contributed by atoms with van der Waals surface area (Å²) in [7, 11) is 0. The Morgan fingerprint density at radius 1 is 1.38 bits per heavy atom. The summed E-state index contributed by atoms with van der Waals surface area (Å²) in [5, 5.41) is 11.6. The Hall–Kier alpha value is -2.28. The van der Waals surface area contributed by atoms with Gasteiger partial charge in [0.15, 0.2) is 6.10 Å². The second kappa shape index (κ2) is 7.49. The van der Waals surface area contributed by atoms with Gasteiger partial charge in [0.1, 0.15) is 12.4 Å². The number of aliphatic carboxylic acids is 1. The van der Waals surface area contributed by atoms with Crippen LogP contribution in [0.5, 0.6) is 5.75 Å². The number of amides is 2. The standard InChI is InChI=1S/C14H18N2O5/c17-13(18)12-10-16(7-9-21-12)14(19)15-6-8-20-11-4-2-1-3-5-11/h1-5,12H,6-10H2,(H,15,19)(H,17,18). The summed E-state index contributed by atoms with van der Waals surface area (Å²) in [4.78, 5) is 24.2. The normalized spacial score (nSPS) is 18.1. The minimum atomic E-state index is -1.06. The molecular weight excluding hydrogens is 276 g/mol. The fraction of sp³-hybridized carbons (Fsp3) is 0.429. The second-order valence-corrected chi connectivity index (χ2v) is 4.54. The zero-order valence-corrected chi connectivity index (χ0v) is 11.5. The molecule has 0 saturated carbocycles. The van der Waals surface area contributed by atoms with E-state index in [0.29, 0.717) is 19.7 Å². The van der Waals surface area contributed by atoms with Crippen molar-refractivity contribution in [2.45, 2.75) is 6.10 Å². The summed E-state index contributed by atoms with van der Waals surface area (Å²) in [5.74, 6) is -0.316. The van der Waals surface area contributed by atoms with Gasteiger partial charge in [-0.3, -0.25) is 0 Å². The first kappa shape index (κ1) is 15.1. The van der Waals surface area contributed by atoms with Crippen molar-refractivity contribution in [2.24, 2.45) is 0 Å². The van der Waals surface area contributed by atoms with Crippen LogP contribution >= 0.6 is 0 Å². The maximum absolute atomic E-state index is 11.9. The maximum atomic E-state index is 11.9. The number of carbonyl (C=O) groups is 2. The number of carbonyl (C=O) groups excluding carboxylic acids is 1. The number of nitrogens with one attached hydrogen (secondary N) is 1. The van der Waals surface area contributed by atoms with E-state index in [-0.39, 0.29) is 19.2 Å². The van der Waals surface area contributed by atoms with E-state index in [1.165, 1.54) is 4.90 Å². The van der Waals surface area contributed by atoms with Crippen molar-refractivity contribution >= 4 is 12.0 Å². The summed E-state index contributed by atoms with van der Waals surface area (Å²) < 4.78 is 10.5. The van der Waals surface area contributed by atoms with Crippen LogP contribution in [0.15, 0.2) is 30.3 Å². The first-order chi connectivity index (χ1) is 10.2. The van der Waals surface area contributed by atoms with E-state index >= 15 is 0 Å². The molecule has 1 aromatic carbocycles. The van der Waals surface area contributed by atoms with Crippen LogP contribution < -0.4 is 10.1 Å². The molecule has 2 amide bonds. The molecule has 0 spiro atoms. The van der Waals surface area contributed by atoms with E-state index in [1.54, 1.807) is 0 Å². The van der Waals surface area contributed by atoms with Crippen molar-refractivity contribution in [1.29, 1.82) is 0 Å². The molecule has 1 saturated heterocycles. The summed E-state index contributed by atoms with van der Waals surface area (Å²) >= 11 is 0. The molecule has 1 aliphatic heterocycles. The molecule has 1 aliphatic rings. The highest BCUT2D eigenvalue weighted by atomic mass is 16.5. The van der Waals surface area contributed by atoms with E-state index in [2.05, 4.69) is 5.32 Å². The van der Waals surface area contributed by atoms with Gasteiger partial charge in [-0.2, -0.15) is 0 Å². The number of urea groups is 1. The Morgan fingerprint density at radius 3 is 2.86 bits per heavy atom. The van der Waals surface area contributed by atoms with Crippen molar-refractivity contribution in [3.8, 4) is 5.75 Å². The number of morpholine rings is 1. The largest absolute Gasteiger partial charge is 0.492 e. The van der Waals surface area contributed by atoms with Crippen LogP contribution in [0, 0.1) is 0 Å². The van der Waals surface area contributed by atoms with E-state index in [0.717, 1.165) is 5.75 Å². The Balaban J connectivity index is 1.68. The molecule has 0 aliphatic carbocycles. The number of carboxylic acid groups (broad SMARTS) is 1.